The van der Waals surface area contributed by atoms with E-state index in [-0.39, 0.29) is 6.61 Å². The van der Waals surface area contributed by atoms with E-state index in [0.717, 1.165) is 24.6 Å². The summed E-state index contributed by atoms with van der Waals surface area (Å²) in [5, 5.41) is 3.40. The van der Waals surface area contributed by atoms with Gasteiger partial charge in [-0.05, 0) is 36.5 Å². The number of nitrogens with one attached hydrogen (secondary N) is 1. The lowest BCUT2D eigenvalue weighted by molar-refractivity contribution is -0.119. The molecule has 3 N–H and O–H groups in total. The van der Waals surface area contributed by atoms with Gasteiger partial charge in [0.2, 0.25) is 0 Å². The van der Waals surface area contributed by atoms with Crippen molar-refractivity contribution in [3.63, 3.8) is 0 Å². The highest BCUT2D eigenvalue weighted by atomic mass is 16.5. The Labute approximate surface area is 137 Å². The summed E-state index contributed by atoms with van der Waals surface area (Å²) in [6.45, 7) is 4.92. The van der Waals surface area contributed by atoms with Crippen LogP contribution in [0.5, 0.6) is 5.75 Å². The summed E-state index contributed by atoms with van der Waals surface area (Å²) in [6, 6.07) is 7.63. The highest BCUT2D eigenvalue weighted by Gasteiger charge is 2.18. The zero-order chi connectivity index (χ0) is 16.7. The molecule has 6 nitrogen and oxygen atoms in total. The van der Waals surface area contributed by atoms with Gasteiger partial charge in [0.1, 0.15) is 5.75 Å². The van der Waals surface area contributed by atoms with Crippen molar-refractivity contribution in [2.75, 3.05) is 26.7 Å². The number of nitrogens with two attached hydrogens (primary N) is 1. The molecule has 0 bridgehead atoms. The maximum absolute atomic E-state index is 10.8. The summed E-state index contributed by atoms with van der Waals surface area (Å²) < 4.78 is 5.33. The molecule has 1 aliphatic rings. The van der Waals surface area contributed by atoms with Crippen molar-refractivity contribution in [1.82, 2.24) is 10.2 Å². The van der Waals surface area contributed by atoms with E-state index in [4.69, 9.17) is 10.5 Å². The minimum absolute atomic E-state index is 0.107. The van der Waals surface area contributed by atoms with Crippen LogP contribution in [0.1, 0.15) is 25.3 Å². The molecule has 1 fully saturated rings. The molecule has 1 heterocycles. The fraction of sp³-hybridized carbons (Fsp3) is 0.529. The van der Waals surface area contributed by atoms with Crippen LogP contribution < -0.4 is 15.8 Å². The predicted molar refractivity (Wildman–Crippen MR) is 91.3 cm³/mol. The average molecular weight is 318 g/mol. The third kappa shape index (κ3) is 5.47. The minimum atomic E-state index is -0.479. The number of benzene rings is 1. The van der Waals surface area contributed by atoms with Crippen LogP contribution in [0.3, 0.4) is 0 Å². The Hall–Kier alpha value is -2.24. The number of piperidine rings is 1. The van der Waals surface area contributed by atoms with Gasteiger partial charge in [0, 0.05) is 26.7 Å². The van der Waals surface area contributed by atoms with Crippen molar-refractivity contribution in [2.45, 2.75) is 26.3 Å². The number of ether oxygens (including phenoxy) is 1. The molecular formula is C17H26N4O2. The first-order chi connectivity index (χ1) is 11.1. The Morgan fingerprint density at radius 3 is 3.04 bits per heavy atom. The van der Waals surface area contributed by atoms with Crippen LogP contribution in [0, 0.1) is 5.92 Å². The highest BCUT2D eigenvalue weighted by molar-refractivity contribution is 5.80. The van der Waals surface area contributed by atoms with Gasteiger partial charge in [0.25, 0.3) is 5.91 Å². The number of hydrogen-bond acceptors (Lipinski definition) is 3. The van der Waals surface area contributed by atoms with Crippen molar-refractivity contribution in [2.24, 2.45) is 16.6 Å². The van der Waals surface area contributed by atoms with Gasteiger partial charge in [-0.15, -0.1) is 0 Å². The van der Waals surface area contributed by atoms with Crippen molar-refractivity contribution in [3.8, 4) is 5.75 Å². The number of aliphatic imine (C=N–C) groups is 1. The highest BCUT2D eigenvalue weighted by Crippen LogP contribution is 2.16. The molecule has 0 aliphatic carbocycles. The molecule has 2 rings (SSSR count). The summed E-state index contributed by atoms with van der Waals surface area (Å²) >= 11 is 0. The predicted octanol–water partition coefficient (Wildman–Crippen LogP) is 1.36. The summed E-state index contributed by atoms with van der Waals surface area (Å²) in [7, 11) is 1.81. The molecule has 1 aromatic rings. The van der Waals surface area contributed by atoms with Crippen LogP contribution in [0.4, 0.5) is 0 Å². The molecule has 1 saturated heterocycles. The van der Waals surface area contributed by atoms with E-state index >= 15 is 0 Å². The number of carbonyl (C=O) groups is 1. The Balaban J connectivity index is 1.91. The van der Waals surface area contributed by atoms with E-state index in [1.54, 1.807) is 0 Å². The van der Waals surface area contributed by atoms with E-state index in [2.05, 4.69) is 22.1 Å². The van der Waals surface area contributed by atoms with Crippen LogP contribution in [0.15, 0.2) is 29.3 Å². The first-order valence-electron chi connectivity index (χ1n) is 8.04. The molecule has 6 heteroatoms. The van der Waals surface area contributed by atoms with Crippen molar-refractivity contribution in [1.29, 1.82) is 0 Å². The Kier molecular flexibility index (Phi) is 6.26. The maximum atomic E-state index is 10.8. The van der Waals surface area contributed by atoms with E-state index in [1.165, 1.54) is 12.8 Å². The number of primary amides is 1. The molecule has 0 aromatic heterocycles. The number of likely N-dealkylation sites (tertiary alicyclic amines) is 1. The molecule has 126 valence electrons. The largest absolute Gasteiger partial charge is 0.484 e. The first-order valence-corrected chi connectivity index (χ1v) is 8.04. The molecule has 23 heavy (non-hydrogen) atoms. The van der Waals surface area contributed by atoms with E-state index in [1.807, 2.05) is 31.3 Å². The minimum Gasteiger partial charge on any atom is -0.484 e. The lowest BCUT2D eigenvalue weighted by Gasteiger charge is -2.33. The van der Waals surface area contributed by atoms with Gasteiger partial charge in [0.15, 0.2) is 12.6 Å². The molecule has 0 radical (unpaired) electrons. The van der Waals surface area contributed by atoms with Gasteiger partial charge < -0.3 is 20.7 Å². The lowest BCUT2D eigenvalue weighted by atomic mass is 10.0. The van der Waals surface area contributed by atoms with E-state index in [9.17, 15) is 4.79 Å². The number of nitrogens with zero attached hydrogens (tertiary/aromatic N) is 2. The SMILES string of the molecule is CN=C(NCc1cccc(OCC(N)=O)c1)N1CCCC(C)C1. The first kappa shape index (κ1) is 17.1. The van der Waals surface area contributed by atoms with Crippen molar-refractivity contribution in [3.05, 3.63) is 29.8 Å². The molecule has 1 aromatic carbocycles. The normalized spacial score (nSPS) is 18.6. The number of hydrogen-bond donors (Lipinski definition) is 2. The Morgan fingerprint density at radius 2 is 2.35 bits per heavy atom. The standard InChI is InChI=1S/C17H26N4O2/c1-13-5-4-8-21(11-13)17(19-2)20-10-14-6-3-7-15(9-14)23-12-16(18)22/h3,6-7,9,13H,4-5,8,10-12H2,1-2H3,(H2,18,22)(H,19,20). The summed E-state index contributed by atoms with van der Waals surface area (Å²) in [6.07, 6.45) is 2.49. The average Bonchev–Trinajstić information content (AvgIpc) is 2.54. The Bertz CT molecular complexity index is 559. The second-order valence-electron chi connectivity index (χ2n) is 6.00. The summed E-state index contributed by atoms with van der Waals surface area (Å²) in [5.74, 6) is 1.80. The van der Waals surface area contributed by atoms with Gasteiger partial charge in [-0.1, -0.05) is 19.1 Å². The van der Waals surface area contributed by atoms with E-state index < -0.39 is 5.91 Å². The van der Waals surface area contributed by atoms with Crippen LogP contribution in [0.25, 0.3) is 0 Å². The second-order valence-corrected chi connectivity index (χ2v) is 6.00. The molecule has 0 saturated carbocycles. The lowest BCUT2D eigenvalue weighted by Crippen LogP contribution is -2.45. The smallest absolute Gasteiger partial charge is 0.255 e. The zero-order valence-corrected chi connectivity index (χ0v) is 13.9. The molecule has 1 unspecified atom stereocenters. The van der Waals surface area contributed by atoms with Gasteiger partial charge in [-0.2, -0.15) is 0 Å². The van der Waals surface area contributed by atoms with Crippen LogP contribution in [-0.4, -0.2) is 43.5 Å². The fourth-order valence-corrected chi connectivity index (χ4v) is 2.79. The van der Waals surface area contributed by atoms with Gasteiger partial charge in [-0.3, -0.25) is 9.79 Å². The zero-order valence-electron chi connectivity index (χ0n) is 13.9. The molecule has 0 spiro atoms. The van der Waals surface area contributed by atoms with Crippen LogP contribution in [0.2, 0.25) is 0 Å². The molecule has 1 atom stereocenters. The Morgan fingerprint density at radius 1 is 1.52 bits per heavy atom. The van der Waals surface area contributed by atoms with Gasteiger partial charge in [-0.25, -0.2) is 0 Å². The molecule has 1 amide bonds. The number of carbonyl (C=O) groups excluding carboxylic acids is 1. The third-order valence-electron chi connectivity index (χ3n) is 3.90. The quantitative estimate of drug-likeness (QED) is 0.634. The summed E-state index contributed by atoms with van der Waals surface area (Å²) in [5.41, 5.74) is 6.16. The van der Waals surface area contributed by atoms with Crippen molar-refractivity contribution < 1.29 is 9.53 Å². The molecule has 1 aliphatic heterocycles. The fourth-order valence-electron chi connectivity index (χ4n) is 2.79. The maximum Gasteiger partial charge on any atom is 0.255 e. The molecular weight excluding hydrogens is 292 g/mol. The summed E-state index contributed by atoms with van der Waals surface area (Å²) in [4.78, 5) is 17.5. The van der Waals surface area contributed by atoms with Crippen LogP contribution in [-0.2, 0) is 11.3 Å². The van der Waals surface area contributed by atoms with Crippen molar-refractivity contribution >= 4 is 11.9 Å². The topological polar surface area (TPSA) is 80.0 Å². The number of amides is 1. The monoisotopic (exact) mass is 318 g/mol. The number of guanidine groups is 1. The van der Waals surface area contributed by atoms with Gasteiger partial charge >= 0.3 is 0 Å². The van der Waals surface area contributed by atoms with E-state index in [0.29, 0.717) is 18.2 Å². The van der Waals surface area contributed by atoms with Gasteiger partial charge in [0.05, 0.1) is 0 Å². The third-order valence-corrected chi connectivity index (χ3v) is 3.90. The number of rotatable bonds is 5. The van der Waals surface area contributed by atoms with Crippen LogP contribution >= 0.6 is 0 Å². The second kappa shape index (κ2) is 8.41.